The number of likely N-dealkylation sites (N-methyl/N-ethyl adjacent to an activating group) is 1. The number of anilines is 1. The number of rotatable bonds is 5. The fourth-order valence-corrected chi connectivity index (χ4v) is 5.60. The number of pyridine rings is 1. The summed E-state index contributed by atoms with van der Waals surface area (Å²) in [6, 6.07) is 14.5. The molecule has 1 saturated heterocycles. The van der Waals surface area contributed by atoms with E-state index in [4.69, 9.17) is 9.72 Å². The van der Waals surface area contributed by atoms with Gasteiger partial charge in [0.1, 0.15) is 12.1 Å². The van der Waals surface area contributed by atoms with Crippen LogP contribution in [0.25, 0.3) is 22.0 Å². The third-order valence-electron chi connectivity index (χ3n) is 7.83. The van der Waals surface area contributed by atoms with Gasteiger partial charge in [-0.3, -0.25) is 4.79 Å². The van der Waals surface area contributed by atoms with Gasteiger partial charge in [-0.15, -0.1) is 0 Å². The summed E-state index contributed by atoms with van der Waals surface area (Å²) in [6.45, 7) is 9.58. The number of aryl methyl sites for hydroxylation is 1. The predicted molar refractivity (Wildman–Crippen MR) is 153 cm³/mol. The SMILES string of the molecule is CCOc1ccc(-c2cc(C)c3ncnc(N4CCc5ccc(C(=O)N6CCN(C)CC6)cc5C4)c3c2)cn1. The monoisotopic (exact) mass is 522 g/mol. The van der Waals surface area contributed by atoms with Crippen molar-refractivity contribution in [3.63, 3.8) is 0 Å². The van der Waals surface area contributed by atoms with Gasteiger partial charge in [-0.1, -0.05) is 6.07 Å². The number of fused-ring (bicyclic) bond motifs is 2. The van der Waals surface area contributed by atoms with Gasteiger partial charge in [0.2, 0.25) is 5.88 Å². The molecule has 0 unspecified atom stereocenters. The van der Waals surface area contributed by atoms with E-state index in [0.29, 0.717) is 19.0 Å². The Morgan fingerprint density at radius 2 is 1.77 bits per heavy atom. The highest BCUT2D eigenvalue weighted by atomic mass is 16.5. The predicted octanol–water partition coefficient (Wildman–Crippen LogP) is 4.35. The maximum atomic E-state index is 13.2. The van der Waals surface area contributed by atoms with Crippen LogP contribution in [0.15, 0.2) is 55.0 Å². The summed E-state index contributed by atoms with van der Waals surface area (Å²) in [6.07, 6.45) is 4.42. The molecule has 0 atom stereocenters. The molecular formula is C31H34N6O2. The van der Waals surface area contributed by atoms with Crippen molar-refractivity contribution in [2.75, 3.05) is 51.3 Å². The summed E-state index contributed by atoms with van der Waals surface area (Å²) in [4.78, 5) is 33.6. The molecule has 1 fully saturated rings. The quantitative estimate of drug-likeness (QED) is 0.386. The lowest BCUT2D eigenvalue weighted by atomic mass is 9.96. The third kappa shape index (κ3) is 5.04. The number of carbonyl (C=O) groups excluding carboxylic acids is 1. The Hall–Kier alpha value is -4.04. The van der Waals surface area contributed by atoms with E-state index in [0.717, 1.165) is 78.1 Å². The molecule has 200 valence electrons. The van der Waals surface area contributed by atoms with Crippen LogP contribution in [0.5, 0.6) is 5.88 Å². The van der Waals surface area contributed by atoms with E-state index in [-0.39, 0.29) is 5.91 Å². The summed E-state index contributed by atoms with van der Waals surface area (Å²) in [7, 11) is 2.10. The minimum Gasteiger partial charge on any atom is -0.478 e. The summed E-state index contributed by atoms with van der Waals surface area (Å²) in [5, 5.41) is 1.02. The van der Waals surface area contributed by atoms with Gasteiger partial charge in [-0.25, -0.2) is 15.0 Å². The number of hydrogen-bond donors (Lipinski definition) is 0. The largest absolute Gasteiger partial charge is 0.478 e. The number of amides is 1. The average molecular weight is 523 g/mol. The molecular weight excluding hydrogens is 488 g/mol. The standard InChI is InChI=1S/C31H34N6O2/c1-4-39-28-8-7-24(18-32-28)25-15-21(2)29-27(17-25)30(34-20-33-29)37-10-9-22-5-6-23(16-26(22)19-37)31(38)36-13-11-35(3)12-14-36/h5-8,15-18,20H,4,9-14,19H2,1-3H3. The Morgan fingerprint density at radius 3 is 2.54 bits per heavy atom. The Bertz CT molecular complexity index is 1510. The minimum atomic E-state index is 0.125. The Labute approximate surface area is 229 Å². The van der Waals surface area contributed by atoms with Crippen molar-refractivity contribution < 1.29 is 9.53 Å². The summed E-state index contributed by atoms with van der Waals surface area (Å²) in [5.74, 6) is 1.67. The van der Waals surface area contributed by atoms with Crippen molar-refractivity contribution in [1.29, 1.82) is 0 Å². The van der Waals surface area contributed by atoms with E-state index < -0.39 is 0 Å². The molecule has 1 amide bonds. The van der Waals surface area contributed by atoms with E-state index in [1.165, 1.54) is 11.1 Å². The molecule has 4 heterocycles. The van der Waals surface area contributed by atoms with Crippen molar-refractivity contribution in [3.05, 3.63) is 77.2 Å². The first-order chi connectivity index (χ1) is 19.0. The molecule has 2 aromatic carbocycles. The van der Waals surface area contributed by atoms with E-state index in [9.17, 15) is 4.79 Å². The molecule has 8 nitrogen and oxygen atoms in total. The van der Waals surface area contributed by atoms with Crippen molar-refractivity contribution in [2.24, 2.45) is 0 Å². The van der Waals surface area contributed by atoms with Crippen LogP contribution in [0.4, 0.5) is 5.82 Å². The fourth-order valence-electron chi connectivity index (χ4n) is 5.60. The van der Waals surface area contributed by atoms with Crippen LogP contribution in [0, 0.1) is 6.92 Å². The van der Waals surface area contributed by atoms with Crippen LogP contribution in [0.3, 0.4) is 0 Å². The van der Waals surface area contributed by atoms with E-state index >= 15 is 0 Å². The molecule has 8 heteroatoms. The number of ether oxygens (including phenoxy) is 1. The zero-order valence-corrected chi connectivity index (χ0v) is 22.9. The topological polar surface area (TPSA) is 74.7 Å². The minimum absolute atomic E-state index is 0.125. The highest BCUT2D eigenvalue weighted by Gasteiger charge is 2.24. The second-order valence-corrected chi connectivity index (χ2v) is 10.5. The summed E-state index contributed by atoms with van der Waals surface area (Å²) in [5.41, 5.74) is 7.41. The molecule has 0 spiro atoms. The maximum Gasteiger partial charge on any atom is 0.253 e. The van der Waals surface area contributed by atoms with Crippen LogP contribution in [0.1, 0.15) is 34.0 Å². The number of piperazine rings is 1. The van der Waals surface area contributed by atoms with Gasteiger partial charge in [0.05, 0.1) is 12.1 Å². The number of nitrogens with zero attached hydrogens (tertiary/aromatic N) is 6. The lowest BCUT2D eigenvalue weighted by molar-refractivity contribution is 0.0664. The molecule has 2 aromatic heterocycles. The molecule has 0 saturated carbocycles. The van der Waals surface area contributed by atoms with Crippen molar-refractivity contribution >= 4 is 22.6 Å². The highest BCUT2D eigenvalue weighted by molar-refractivity contribution is 5.96. The Balaban J connectivity index is 1.30. The van der Waals surface area contributed by atoms with Gasteiger partial charge in [0.15, 0.2) is 0 Å². The van der Waals surface area contributed by atoms with E-state index in [1.54, 1.807) is 6.33 Å². The molecule has 39 heavy (non-hydrogen) atoms. The first-order valence-electron chi connectivity index (χ1n) is 13.7. The zero-order chi connectivity index (χ0) is 26.9. The Morgan fingerprint density at radius 1 is 0.923 bits per heavy atom. The first kappa shape index (κ1) is 25.2. The van der Waals surface area contributed by atoms with Crippen molar-refractivity contribution in [2.45, 2.75) is 26.8 Å². The smallest absolute Gasteiger partial charge is 0.253 e. The zero-order valence-electron chi connectivity index (χ0n) is 22.9. The molecule has 6 rings (SSSR count). The lowest BCUT2D eigenvalue weighted by Gasteiger charge is -2.33. The second-order valence-electron chi connectivity index (χ2n) is 10.5. The van der Waals surface area contributed by atoms with Crippen LogP contribution < -0.4 is 9.64 Å². The number of carbonyl (C=O) groups is 1. The fraction of sp³-hybridized carbons (Fsp3) is 0.355. The van der Waals surface area contributed by atoms with Crippen LogP contribution >= 0.6 is 0 Å². The molecule has 2 aliphatic rings. The highest BCUT2D eigenvalue weighted by Crippen LogP contribution is 2.33. The summed E-state index contributed by atoms with van der Waals surface area (Å²) < 4.78 is 5.52. The number of benzene rings is 2. The van der Waals surface area contributed by atoms with E-state index in [1.807, 2.05) is 36.2 Å². The van der Waals surface area contributed by atoms with Gasteiger partial charge in [-0.2, -0.15) is 0 Å². The van der Waals surface area contributed by atoms with Crippen LogP contribution in [-0.2, 0) is 13.0 Å². The van der Waals surface area contributed by atoms with Gasteiger partial charge < -0.3 is 19.4 Å². The lowest BCUT2D eigenvalue weighted by Crippen LogP contribution is -2.47. The van der Waals surface area contributed by atoms with Gasteiger partial charge >= 0.3 is 0 Å². The molecule has 0 aliphatic carbocycles. The third-order valence-corrected chi connectivity index (χ3v) is 7.83. The normalized spacial score (nSPS) is 15.9. The van der Waals surface area contributed by atoms with E-state index in [2.05, 4.69) is 58.0 Å². The number of aromatic nitrogens is 3. The van der Waals surface area contributed by atoms with Crippen LogP contribution in [0.2, 0.25) is 0 Å². The molecule has 0 radical (unpaired) electrons. The molecule has 4 aromatic rings. The Kier molecular flexibility index (Phi) is 6.87. The average Bonchev–Trinajstić information content (AvgIpc) is 2.97. The first-order valence-corrected chi connectivity index (χ1v) is 13.7. The molecule has 0 bridgehead atoms. The van der Waals surface area contributed by atoms with Crippen molar-refractivity contribution in [1.82, 2.24) is 24.8 Å². The van der Waals surface area contributed by atoms with Gasteiger partial charge in [0.25, 0.3) is 5.91 Å². The van der Waals surface area contributed by atoms with Crippen LogP contribution in [-0.4, -0.2) is 77.0 Å². The second kappa shape index (κ2) is 10.6. The van der Waals surface area contributed by atoms with Crippen molar-refractivity contribution in [3.8, 4) is 17.0 Å². The number of hydrogen-bond acceptors (Lipinski definition) is 7. The van der Waals surface area contributed by atoms with Gasteiger partial charge in [-0.05, 0) is 79.9 Å². The van der Waals surface area contributed by atoms with Gasteiger partial charge in [0, 0.05) is 68.0 Å². The summed E-state index contributed by atoms with van der Waals surface area (Å²) >= 11 is 0. The maximum absolute atomic E-state index is 13.2. The molecule has 0 N–H and O–H groups in total. The molecule has 2 aliphatic heterocycles.